The minimum Gasteiger partial charge on any atom is -0.399 e. The molecule has 0 bridgehead atoms. The molecule has 0 atom stereocenters. The van der Waals surface area contributed by atoms with Crippen molar-refractivity contribution in [1.82, 2.24) is 4.90 Å². The van der Waals surface area contributed by atoms with Crippen LogP contribution in [-0.2, 0) is 6.54 Å². The number of nitrogens with two attached hydrogens (primary N) is 1. The van der Waals surface area contributed by atoms with Gasteiger partial charge in [0.2, 0.25) is 0 Å². The molecule has 0 aliphatic heterocycles. The van der Waals surface area contributed by atoms with Crippen molar-refractivity contribution in [2.24, 2.45) is 0 Å². The second-order valence-corrected chi connectivity index (χ2v) is 6.33. The van der Waals surface area contributed by atoms with E-state index < -0.39 is 0 Å². The summed E-state index contributed by atoms with van der Waals surface area (Å²) >= 11 is 4.87. The summed E-state index contributed by atoms with van der Waals surface area (Å²) < 4.78 is 0.965. The normalized spacial score (nSPS) is 10.3. The monoisotopic (exact) mass is 324 g/mol. The molecule has 0 saturated carbocycles. The van der Waals surface area contributed by atoms with E-state index in [-0.39, 0.29) is 5.91 Å². The summed E-state index contributed by atoms with van der Waals surface area (Å²) in [5.41, 5.74) is 8.13. The van der Waals surface area contributed by atoms with Crippen LogP contribution in [-0.4, -0.2) is 17.9 Å². The van der Waals surface area contributed by atoms with E-state index in [1.165, 1.54) is 11.3 Å². The lowest BCUT2D eigenvalue weighted by atomic mass is 10.2. The van der Waals surface area contributed by atoms with Crippen molar-refractivity contribution in [3.63, 3.8) is 0 Å². The quantitative estimate of drug-likeness (QED) is 0.880. The second-order valence-electron chi connectivity index (χ2n) is 4.04. The molecule has 2 N–H and O–H groups in total. The first-order valence-electron chi connectivity index (χ1n) is 5.40. The molecule has 1 aromatic carbocycles. The van der Waals surface area contributed by atoms with E-state index in [4.69, 9.17) is 5.73 Å². The molecule has 1 aromatic heterocycles. The maximum absolute atomic E-state index is 12.1. The number of carbonyl (C=O) groups excluding carboxylic acids is 1. The topological polar surface area (TPSA) is 46.3 Å². The van der Waals surface area contributed by atoms with Gasteiger partial charge in [-0.2, -0.15) is 0 Å². The van der Waals surface area contributed by atoms with Gasteiger partial charge < -0.3 is 10.6 Å². The van der Waals surface area contributed by atoms with Crippen LogP contribution in [0.1, 0.15) is 15.9 Å². The van der Waals surface area contributed by atoms with Gasteiger partial charge in [0.25, 0.3) is 5.91 Å². The Bertz CT molecular complexity index is 550. The zero-order valence-corrected chi connectivity index (χ0v) is 12.3. The highest BCUT2D eigenvalue weighted by atomic mass is 79.9. The highest BCUT2D eigenvalue weighted by Crippen LogP contribution is 2.22. The van der Waals surface area contributed by atoms with E-state index in [1.807, 2.05) is 35.7 Å². The number of rotatable bonds is 3. The van der Waals surface area contributed by atoms with E-state index >= 15 is 0 Å². The number of anilines is 1. The third kappa shape index (κ3) is 3.11. The summed E-state index contributed by atoms with van der Waals surface area (Å²) in [5.74, 6) is 0.0220. The molecule has 2 rings (SSSR count). The molecule has 0 spiro atoms. The third-order valence-corrected chi connectivity index (χ3v) is 4.07. The minimum atomic E-state index is 0.0220. The molecular formula is C13H13BrN2OS. The largest absolute Gasteiger partial charge is 0.399 e. The van der Waals surface area contributed by atoms with E-state index in [0.717, 1.165) is 15.0 Å². The highest BCUT2D eigenvalue weighted by molar-refractivity contribution is 9.11. The van der Waals surface area contributed by atoms with Gasteiger partial charge in [-0.05, 0) is 39.7 Å². The maximum atomic E-state index is 12.1. The zero-order valence-electron chi connectivity index (χ0n) is 9.89. The Labute approximate surface area is 118 Å². The zero-order chi connectivity index (χ0) is 13.1. The lowest BCUT2D eigenvalue weighted by molar-refractivity contribution is 0.0785. The molecule has 0 radical (unpaired) electrons. The molecule has 18 heavy (non-hydrogen) atoms. The molecule has 5 heteroatoms. The fourth-order valence-electron chi connectivity index (χ4n) is 1.61. The number of nitrogen functional groups attached to an aromatic ring is 1. The van der Waals surface area contributed by atoms with Crippen LogP contribution in [0.3, 0.4) is 0 Å². The van der Waals surface area contributed by atoms with Crippen LogP contribution in [0.25, 0.3) is 0 Å². The number of amides is 1. The summed E-state index contributed by atoms with van der Waals surface area (Å²) in [6, 6.07) is 9.39. The predicted octanol–water partition coefficient (Wildman–Crippen LogP) is 3.37. The van der Waals surface area contributed by atoms with Gasteiger partial charge in [0, 0.05) is 24.7 Å². The second kappa shape index (κ2) is 5.54. The lowest BCUT2D eigenvalue weighted by Crippen LogP contribution is -2.25. The lowest BCUT2D eigenvalue weighted by Gasteiger charge is -2.16. The van der Waals surface area contributed by atoms with Crippen molar-refractivity contribution in [1.29, 1.82) is 0 Å². The maximum Gasteiger partial charge on any atom is 0.254 e. The number of carbonyl (C=O) groups is 1. The Balaban J connectivity index is 2.05. The van der Waals surface area contributed by atoms with Gasteiger partial charge in [-0.1, -0.05) is 12.1 Å². The fraction of sp³-hybridized carbons (Fsp3) is 0.154. The summed E-state index contributed by atoms with van der Waals surface area (Å²) in [6.45, 7) is 0.576. The number of benzene rings is 1. The van der Waals surface area contributed by atoms with Gasteiger partial charge in [-0.15, -0.1) is 11.3 Å². The molecule has 0 saturated heterocycles. The molecule has 1 heterocycles. The van der Waals surface area contributed by atoms with Gasteiger partial charge in [0.1, 0.15) is 0 Å². The van der Waals surface area contributed by atoms with Crippen LogP contribution in [0, 0.1) is 0 Å². The number of hydrogen-bond donors (Lipinski definition) is 1. The van der Waals surface area contributed by atoms with Crippen LogP contribution in [0.2, 0.25) is 0 Å². The van der Waals surface area contributed by atoms with E-state index in [0.29, 0.717) is 12.1 Å². The first kappa shape index (κ1) is 13.1. The molecule has 94 valence electrons. The van der Waals surface area contributed by atoms with Crippen molar-refractivity contribution in [2.45, 2.75) is 6.54 Å². The molecule has 2 aromatic rings. The van der Waals surface area contributed by atoms with Gasteiger partial charge in [-0.3, -0.25) is 4.79 Å². The Hall–Kier alpha value is -1.33. The van der Waals surface area contributed by atoms with Crippen LogP contribution < -0.4 is 5.73 Å². The molecule has 3 nitrogen and oxygen atoms in total. The Kier molecular flexibility index (Phi) is 4.04. The third-order valence-electron chi connectivity index (χ3n) is 2.56. The molecule has 0 unspecified atom stereocenters. The van der Waals surface area contributed by atoms with Gasteiger partial charge in [-0.25, -0.2) is 0 Å². The van der Waals surface area contributed by atoms with Crippen LogP contribution in [0.4, 0.5) is 5.69 Å². The smallest absolute Gasteiger partial charge is 0.254 e. The molecule has 1 amide bonds. The number of nitrogens with zero attached hydrogens (tertiary/aromatic N) is 1. The average molecular weight is 325 g/mol. The van der Waals surface area contributed by atoms with Crippen molar-refractivity contribution < 1.29 is 4.79 Å². The molecule has 0 aliphatic carbocycles. The summed E-state index contributed by atoms with van der Waals surface area (Å²) in [4.78, 5) is 13.8. The van der Waals surface area contributed by atoms with Crippen LogP contribution in [0.15, 0.2) is 39.5 Å². The van der Waals surface area contributed by atoms with Crippen LogP contribution in [0.5, 0.6) is 0 Å². The number of halogens is 1. The highest BCUT2D eigenvalue weighted by Gasteiger charge is 2.13. The molecule has 0 aliphatic rings. The van der Waals surface area contributed by atoms with Crippen LogP contribution >= 0.6 is 27.3 Å². The Morgan fingerprint density at radius 1 is 1.39 bits per heavy atom. The first-order valence-corrected chi connectivity index (χ1v) is 7.07. The standard InChI is InChI=1S/C13H13BrN2OS/c1-16(7-9-2-4-11(15)5-3-9)13(17)10-6-12(14)18-8-10/h2-6,8H,7,15H2,1H3. The minimum absolute atomic E-state index is 0.0220. The first-order chi connectivity index (χ1) is 8.56. The number of hydrogen-bond acceptors (Lipinski definition) is 3. The van der Waals surface area contributed by atoms with Crippen molar-refractivity contribution in [2.75, 3.05) is 12.8 Å². The van der Waals surface area contributed by atoms with E-state index in [2.05, 4.69) is 15.9 Å². The van der Waals surface area contributed by atoms with Gasteiger partial charge >= 0.3 is 0 Å². The van der Waals surface area contributed by atoms with E-state index in [1.54, 1.807) is 11.9 Å². The Morgan fingerprint density at radius 2 is 2.06 bits per heavy atom. The van der Waals surface area contributed by atoms with Crippen molar-refractivity contribution in [3.05, 3.63) is 50.6 Å². The van der Waals surface area contributed by atoms with E-state index in [9.17, 15) is 4.79 Å². The number of thiophene rings is 1. The summed E-state index contributed by atoms with van der Waals surface area (Å²) in [5, 5.41) is 1.85. The summed E-state index contributed by atoms with van der Waals surface area (Å²) in [7, 11) is 1.80. The summed E-state index contributed by atoms with van der Waals surface area (Å²) in [6.07, 6.45) is 0. The average Bonchev–Trinajstić information content (AvgIpc) is 2.78. The fourth-order valence-corrected chi connectivity index (χ4v) is 2.74. The molecular weight excluding hydrogens is 312 g/mol. The van der Waals surface area contributed by atoms with Gasteiger partial charge in [0.15, 0.2) is 0 Å². The predicted molar refractivity (Wildman–Crippen MR) is 78.7 cm³/mol. The van der Waals surface area contributed by atoms with Crippen molar-refractivity contribution in [3.8, 4) is 0 Å². The molecule has 0 fully saturated rings. The van der Waals surface area contributed by atoms with Crippen molar-refractivity contribution >= 4 is 38.9 Å². The Morgan fingerprint density at radius 3 is 2.61 bits per heavy atom. The SMILES string of the molecule is CN(Cc1ccc(N)cc1)C(=O)c1csc(Br)c1. The van der Waals surface area contributed by atoms with Gasteiger partial charge in [0.05, 0.1) is 9.35 Å².